The summed E-state index contributed by atoms with van der Waals surface area (Å²) in [7, 11) is -0.464. The van der Waals surface area contributed by atoms with Crippen LogP contribution in [0, 0.1) is 11.8 Å². The van der Waals surface area contributed by atoms with Gasteiger partial charge in [0.25, 0.3) is 5.91 Å². The summed E-state index contributed by atoms with van der Waals surface area (Å²) >= 11 is 0. The Balaban J connectivity index is 1.63. The van der Waals surface area contributed by atoms with Gasteiger partial charge in [0, 0.05) is 31.7 Å². The molecule has 2 saturated carbocycles. The molecule has 3 aliphatic rings. The van der Waals surface area contributed by atoms with Crippen molar-refractivity contribution in [2.45, 2.75) is 36.6 Å². The third-order valence-corrected chi connectivity index (χ3v) is 7.90. The summed E-state index contributed by atoms with van der Waals surface area (Å²) in [4.78, 5) is 15.0. The molecule has 1 heterocycles. The third-order valence-electron chi connectivity index (χ3n) is 5.98. The molecular formula is C20H28N2O5S. The number of hydrogen-bond donors (Lipinski definition) is 0. The van der Waals surface area contributed by atoms with Crippen molar-refractivity contribution >= 4 is 15.9 Å². The molecule has 0 radical (unpaired) electrons. The number of hydrogen-bond acceptors (Lipinski definition) is 5. The Hall–Kier alpha value is -1.64. The van der Waals surface area contributed by atoms with E-state index in [9.17, 15) is 13.2 Å². The molecule has 1 aromatic carbocycles. The maximum Gasteiger partial charge on any atom is 0.253 e. The predicted molar refractivity (Wildman–Crippen MR) is 104 cm³/mol. The maximum atomic E-state index is 13.2. The summed E-state index contributed by atoms with van der Waals surface area (Å²) in [5.74, 6) is 1.32. The van der Waals surface area contributed by atoms with Crippen LogP contribution in [0.5, 0.6) is 5.75 Å². The van der Waals surface area contributed by atoms with Crippen molar-refractivity contribution in [3.63, 3.8) is 0 Å². The van der Waals surface area contributed by atoms with Crippen LogP contribution in [-0.4, -0.2) is 70.0 Å². The second-order valence-electron chi connectivity index (χ2n) is 7.96. The Morgan fingerprint density at radius 3 is 2.32 bits per heavy atom. The molecule has 4 rings (SSSR count). The van der Waals surface area contributed by atoms with Gasteiger partial charge in [-0.15, -0.1) is 0 Å². The first-order chi connectivity index (χ1) is 13.4. The molecule has 1 amide bonds. The van der Waals surface area contributed by atoms with Gasteiger partial charge in [-0.05, 0) is 55.7 Å². The molecule has 8 heteroatoms. The summed E-state index contributed by atoms with van der Waals surface area (Å²) in [6, 6.07) is 4.98. The number of amides is 1. The van der Waals surface area contributed by atoms with Gasteiger partial charge in [-0.3, -0.25) is 4.79 Å². The summed E-state index contributed by atoms with van der Waals surface area (Å²) < 4.78 is 38.3. The molecule has 1 aliphatic heterocycles. The lowest BCUT2D eigenvalue weighted by Gasteiger charge is -2.29. The SMILES string of the molecule is COc1ccc(C(=O)N(C)C(C2CC2)C2CC2)cc1S(=O)(=O)N1CCOCC1. The van der Waals surface area contributed by atoms with Crippen molar-refractivity contribution in [2.75, 3.05) is 40.5 Å². The molecule has 0 unspecified atom stereocenters. The zero-order valence-corrected chi connectivity index (χ0v) is 17.3. The number of carbonyl (C=O) groups excluding carboxylic acids is 1. The Labute approximate surface area is 166 Å². The number of methoxy groups -OCH3 is 1. The van der Waals surface area contributed by atoms with Crippen LogP contribution in [0.15, 0.2) is 23.1 Å². The molecule has 3 fully saturated rings. The largest absolute Gasteiger partial charge is 0.495 e. The minimum absolute atomic E-state index is 0.0468. The fourth-order valence-electron chi connectivity index (χ4n) is 4.17. The monoisotopic (exact) mass is 408 g/mol. The van der Waals surface area contributed by atoms with E-state index in [2.05, 4.69) is 0 Å². The van der Waals surface area contributed by atoms with E-state index in [1.54, 1.807) is 12.1 Å². The van der Waals surface area contributed by atoms with Crippen LogP contribution in [-0.2, 0) is 14.8 Å². The van der Waals surface area contributed by atoms with Gasteiger partial charge >= 0.3 is 0 Å². The minimum atomic E-state index is -3.76. The van der Waals surface area contributed by atoms with Gasteiger partial charge in [-0.1, -0.05) is 0 Å². The van der Waals surface area contributed by atoms with Crippen molar-refractivity contribution in [3.8, 4) is 5.75 Å². The van der Waals surface area contributed by atoms with Crippen LogP contribution in [0.4, 0.5) is 0 Å². The number of ether oxygens (including phenoxy) is 2. The Kier molecular flexibility index (Phi) is 5.37. The van der Waals surface area contributed by atoms with Crippen LogP contribution in [0.25, 0.3) is 0 Å². The van der Waals surface area contributed by atoms with E-state index in [-0.39, 0.29) is 22.6 Å². The molecule has 0 atom stereocenters. The zero-order valence-electron chi connectivity index (χ0n) is 16.5. The second kappa shape index (κ2) is 7.65. The maximum absolute atomic E-state index is 13.2. The molecular weight excluding hydrogens is 380 g/mol. The van der Waals surface area contributed by atoms with E-state index in [1.165, 1.54) is 43.2 Å². The third kappa shape index (κ3) is 3.77. The highest BCUT2D eigenvalue weighted by Gasteiger charge is 2.45. The number of morpholine rings is 1. The molecule has 7 nitrogen and oxygen atoms in total. The molecule has 0 spiro atoms. The van der Waals surface area contributed by atoms with Crippen LogP contribution in [0.3, 0.4) is 0 Å². The first-order valence-electron chi connectivity index (χ1n) is 9.96. The highest BCUT2D eigenvalue weighted by atomic mass is 32.2. The molecule has 1 saturated heterocycles. The molecule has 1 aromatic rings. The Morgan fingerprint density at radius 1 is 1.18 bits per heavy atom. The average molecular weight is 409 g/mol. The minimum Gasteiger partial charge on any atom is -0.495 e. The number of benzene rings is 1. The van der Waals surface area contributed by atoms with Crippen LogP contribution < -0.4 is 4.74 Å². The van der Waals surface area contributed by atoms with E-state index < -0.39 is 10.0 Å². The molecule has 2 aliphatic carbocycles. The zero-order chi connectivity index (χ0) is 19.9. The summed E-state index contributed by atoms with van der Waals surface area (Å²) in [6.45, 7) is 1.34. The van der Waals surface area contributed by atoms with E-state index in [0.29, 0.717) is 43.7 Å². The molecule has 154 valence electrons. The molecule has 28 heavy (non-hydrogen) atoms. The van der Waals surface area contributed by atoms with Crippen molar-refractivity contribution in [2.24, 2.45) is 11.8 Å². The normalized spacial score (nSPS) is 21.0. The lowest BCUT2D eigenvalue weighted by molar-refractivity contribution is 0.0689. The van der Waals surface area contributed by atoms with E-state index in [0.717, 1.165) is 0 Å². The van der Waals surface area contributed by atoms with E-state index in [4.69, 9.17) is 9.47 Å². The van der Waals surface area contributed by atoms with Gasteiger partial charge in [0.1, 0.15) is 10.6 Å². The first kappa shape index (κ1) is 19.7. The van der Waals surface area contributed by atoms with E-state index in [1.807, 2.05) is 11.9 Å². The van der Waals surface area contributed by atoms with Gasteiger partial charge in [0.15, 0.2) is 0 Å². The van der Waals surface area contributed by atoms with E-state index >= 15 is 0 Å². The highest BCUT2D eigenvalue weighted by Crippen LogP contribution is 2.47. The summed E-state index contributed by atoms with van der Waals surface area (Å²) in [5.41, 5.74) is 0.390. The van der Waals surface area contributed by atoms with Crippen molar-refractivity contribution in [1.82, 2.24) is 9.21 Å². The topological polar surface area (TPSA) is 76.2 Å². The summed E-state index contributed by atoms with van der Waals surface area (Å²) in [6.07, 6.45) is 4.71. The van der Waals surface area contributed by atoms with Crippen molar-refractivity contribution in [3.05, 3.63) is 23.8 Å². The fourth-order valence-corrected chi connectivity index (χ4v) is 5.76. The first-order valence-corrected chi connectivity index (χ1v) is 11.4. The predicted octanol–water partition coefficient (Wildman–Crippen LogP) is 1.98. The van der Waals surface area contributed by atoms with Gasteiger partial charge in [0.2, 0.25) is 10.0 Å². The highest BCUT2D eigenvalue weighted by molar-refractivity contribution is 7.89. The van der Waals surface area contributed by atoms with Crippen LogP contribution in [0.2, 0.25) is 0 Å². The number of sulfonamides is 1. The number of nitrogens with zero attached hydrogens (tertiary/aromatic N) is 2. The lowest BCUT2D eigenvalue weighted by Crippen LogP contribution is -2.41. The Bertz CT molecular complexity index is 830. The number of carbonyl (C=O) groups is 1. The van der Waals surface area contributed by atoms with Gasteiger partial charge in [-0.2, -0.15) is 4.31 Å². The molecule has 0 aromatic heterocycles. The average Bonchev–Trinajstić information content (AvgIpc) is 3.63. The van der Waals surface area contributed by atoms with Crippen LogP contribution >= 0.6 is 0 Å². The lowest BCUT2D eigenvalue weighted by atomic mass is 10.0. The molecule has 0 N–H and O–H groups in total. The quantitative estimate of drug-likeness (QED) is 0.690. The van der Waals surface area contributed by atoms with Crippen molar-refractivity contribution < 1.29 is 22.7 Å². The smallest absolute Gasteiger partial charge is 0.253 e. The standard InChI is InChI=1S/C20H28N2O5S/c1-21(19(14-3-4-14)15-5-6-15)20(23)16-7-8-17(26-2)18(13-16)28(24,25)22-9-11-27-12-10-22/h7-8,13-15,19H,3-6,9-12H2,1-2H3. The molecule has 0 bridgehead atoms. The Morgan fingerprint density at radius 2 is 1.79 bits per heavy atom. The number of rotatable bonds is 7. The van der Waals surface area contributed by atoms with Gasteiger partial charge in [0.05, 0.1) is 20.3 Å². The van der Waals surface area contributed by atoms with Crippen molar-refractivity contribution in [1.29, 1.82) is 0 Å². The second-order valence-corrected chi connectivity index (χ2v) is 9.87. The van der Waals surface area contributed by atoms with Gasteiger partial charge < -0.3 is 14.4 Å². The van der Waals surface area contributed by atoms with Crippen LogP contribution in [0.1, 0.15) is 36.0 Å². The van der Waals surface area contributed by atoms with Gasteiger partial charge in [-0.25, -0.2) is 8.42 Å². The summed E-state index contributed by atoms with van der Waals surface area (Å²) in [5, 5.41) is 0. The fraction of sp³-hybridized carbons (Fsp3) is 0.650.